The van der Waals surface area contributed by atoms with E-state index in [0.29, 0.717) is 26.0 Å². The fraction of sp³-hybridized carbons (Fsp3) is 0.500. The van der Waals surface area contributed by atoms with E-state index in [1.807, 2.05) is 30.3 Å². The van der Waals surface area contributed by atoms with Gasteiger partial charge in [-0.25, -0.2) is 0 Å². The second-order valence-electron chi connectivity index (χ2n) is 5.24. The lowest BCUT2D eigenvalue weighted by atomic mass is 10.1. The average Bonchev–Trinajstić information content (AvgIpc) is 2.49. The lowest BCUT2D eigenvalue weighted by molar-refractivity contribution is -0.123. The summed E-state index contributed by atoms with van der Waals surface area (Å²) in [6, 6.07) is 9.67. The van der Waals surface area contributed by atoms with Gasteiger partial charge in [0.25, 0.3) is 0 Å². The Bertz CT molecular complexity index is 456. The van der Waals surface area contributed by atoms with E-state index < -0.39 is 0 Å². The standard InChI is InChI=1S/C16H22N2O3/c19-15(18-14-7-4-10-21-12-14)8-9-17-16(20)11-13-5-2-1-3-6-13/h1-3,5-6,14H,4,7-12H2,(H,17,20)(H,18,19)/t14-/m1/s1. The maximum absolute atomic E-state index is 11.7. The first-order valence-corrected chi connectivity index (χ1v) is 7.42. The summed E-state index contributed by atoms with van der Waals surface area (Å²) in [6.45, 7) is 1.74. The van der Waals surface area contributed by atoms with E-state index >= 15 is 0 Å². The van der Waals surface area contributed by atoms with E-state index in [0.717, 1.165) is 25.0 Å². The Labute approximate surface area is 125 Å². The number of carbonyl (C=O) groups excluding carboxylic acids is 2. The maximum Gasteiger partial charge on any atom is 0.224 e. The van der Waals surface area contributed by atoms with Crippen LogP contribution in [0, 0.1) is 0 Å². The van der Waals surface area contributed by atoms with Gasteiger partial charge in [0.2, 0.25) is 11.8 Å². The molecule has 1 saturated heterocycles. The molecule has 0 aromatic heterocycles. The Kier molecular flexibility index (Phi) is 6.22. The van der Waals surface area contributed by atoms with E-state index in [1.165, 1.54) is 0 Å². The van der Waals surface area contributed by atoms with Crippen molar-refractivity contribution < 1.29 is 14.3 Å². The van der Waals surface area contributed by atoms with Gasteiger partial charge in [-0.05, 0) is 18.4 Å². The van der Waals surface area contributed by atoms with Crippen LogP contribution in [0.25, 0.3) is 0 Å². The summed E-state index contributed by atoms with van der Waals surface area (Å²) in [6.07, 6.45) is 2.60. The molecule has 1 aliphatic rings. The van der Waals surface area contributed by atoms with Crippen molar-refractivity contribution in [1.29, 1.82) is 0 Å². The van der Waals surface area contributed by atoms with Gasteiger partial charge in [-0.1, -0.05) is 30.3 Å². The average molecular weight is 290 g/mol. The molecular weight excluding hydrogens is 268 g/mol. The fourth-order valence-corrected chi connectivity index (χ4v) is 2.31. The normalized spacial score (nSPS) is 18.0. The topological polar surface area (TPSA) is 67.4 Å². The molecule has 1 atom stereocenters. The minimum absolute atomic E-state index is 0.0366. The van der Waals surface area contributed by atoms with Gasteiger partial charge in [-0.3, -0.25) is 9.59 Å². The largest absolute Gasteiger partial charge is 0.379 e. The Morgan fingerprint density at radius 3 is 2.71 bits per heavy atom. The fourth-order valence-electron chi connectivity index (χ4n) is 2.31. The SMILES string of the molecule is O=C(Cc1ccccc1)NCCC(=O)N[C@@H]1CCCOC1. The number of rotatable bonds is 6. The van der Waals surface area contributed by atoms with Crippen molar-refractivity contribution in [3.05, 3.63) is 35.9 Å². The molecule has 0 unspecified atom stereocenters. The molecule has 21 heavy (non-hydrogen) atoms. The zero-order valence-electron chi connectivity index (χ0n) is 12.1. The van der Waals surface area contributed by atoms with E-state index in [9.17, 15) is 9.59 Å². The van der Waals surface area contributed by atoms with Crippen molar-refractivity contribution in [2.75, 3.05) is 19.8 Å². The highest BCUT2D eigenvalue weighted by molar-refractivity contribution is 5.80. The molecule has 5 nitrogen and oxygen atoms in total. The first kappa shape index (κ1) is 15.5. The zero-order valence-corrected chi connectivity index (χ0v) is 12.1. The molecule has 114 valence electrons. The number of benzene rings is 1. The molecule has 1 fully saturated rings. The molecule has 0 saturated carbocycles. The van der Waals surface area contributed by atoms with Crippen LogP contribution in [0.4, 0.5) is 0 Å². The summed E-state index contributed by atoms with van der Waals surface area (Å²) in [7, 11) is 0. The predicted octanol–water partition coefficient (Wildman–Crippen LogP) is 1.03. The van der Waals surface area contributed by atoms with Crippen LogP contribution in [0.15, 0.2) is 30.3 Å². The van der Waals surface area contributed by atoms with Crippen LogP contribution in [0.3, 0.4) is 0 Å². The van der Waals surface area contributed by atoms with Crippen LogP contribution in [0.1, 0.15) is 24.8 Å². The van der Waals surface area contributed by atoms with Crippen LogP contribution in [-0.4, -0.2) is 37.6 Å². The zero-order chi connectivity index (χ0) is 14.9. The van der Waals surface area contributed by atoms with Crippen molar-refractivity contribution in [3.8, 4) is 0 Å². The molecule has 2 N–H and O–H groups in total. The Morgan fingerprint density at radius 1 is 1.19 bits per heavy atom. The number of nitrogens with one attached hydrogen (secondary N) is 2. The highest BCUT2D eigenvalue weighted by Gasteiger charge is 2.15. The van der Waals surface area contributed by atoms with Crippen LogP contribution in [0.2, 0.25) is 0 Å². The molecule has 2 rings (SSSR count). The molecule has 1 aliphatic heterocycles. The molecule has 0 radical (unpaired) electrons. The van der Waals surface area contributed by atoms with E-state index in [4.69, 9.17) is 4.74 Å². The summed E-state index contributed by atoms with van der Waals surface area (Å²) in [5.41, 5.74) is 0.971. The third kappa shape index (κ3) is 5.95. The second-order valence-corrected chi connectivity index (χ2v) is 5.24. The summed E-state index contributed by atoms with van der Waals surface area (Å²) in [5.74, 6) is -0.0967. The molecule has 0 aliphatic carbocycles. The molecule has 2 amide bonds. The lowest BCUT2D eigenvalue weighted by Gasteiger charge is -2.23. The second kappa shape index (κ2) is 8.42. The van der Waals surface area contributed by atoms with Gasteiger partial charge < -0.3 is 15.4 Å². The van der Waals surface area contributed by atoms with Gasteiger partial charge in [0.1, 0.15) is 0 Å². The summed E-state index contributed by atoms with van der Waals surface area (Å²) >= 11 is 0. The number of ether oxygens (including phenoxy) is 1. The van der Waals surface area contributed by atoms with Crippen LogP contribution < -0.4 is 10.6 Å². The van der Waals surface area contributed by atoms with Gasteiger partial charge >= 0.3 is 0 Å². The van der Waals surface area contributed by atoms with E-state index in [2.05, 4.69) is 10.6 Å². The highest BCUT2D eigenvalue weighted by atomic mass is 16.5. The van der Waals surface area contributed by atoms with Crippen molar-refractivity contribution in [2.24, 2.45) is 0 Å². The van der Waals surface area contributed by atoms with Crippen molar-refractivity contribution in [3.63, 3.8) is 0 Å². The van der Waals surface area contributed by atoms with Crippen LogP contribution in [-0.2, 0) is 20.7 Å². The Hall–Kier alpha value is -1.88. The minimum atomic E-state index is -0.0602. The van der Waals surface area contributed by atoms with Crippen molar-refractivity contribution >= 4 is 11.8 Å². The molecule has 1 aromatic rings. The quantitative estimate of drug-likeness (QED) is 0.822. The minimum Gasteiger partial charge on any atom is -0.379 e. The van der Waals surface area contributed by atoms with Gasteiger partial charge in [-0.15, -0.1) is 0 Å². The Balaban J connectivity index is 1.60. The van der Waals surface area contributed by atoms with Gasteiger partial charge in [0, 0.05) is 19.6 Å². The van der Waals surface area contributed by atoms with E-state index in [-0.39, 0.29) is 17.9 Å². The third-order valence-corrected chi connectivity index (χ3v) is 3.41. The molecule has 0 spiro atoms. The smallest absolute Gasteiger partial charge is 0.224 e. The van der Waals surface area contributed by atoms with Gasteiger partial charge in [0.05, 0.1) is 19.1 Å². The summed E-state index contributed by atoms with van der Waals surface area (Å²) in [4.78, 5) is 23.5. The van der Waals surface area contributed by atoms with Crippen LogP contribution >= 0.6 is 0 Å². The first-order chi connectivity index (χ1) is 10.2. The monoisotopic (exact) mass is 290 g/mol. The number of amides is 2. The molecule has 0 bridgehead atoms. The molecule has 1 heterocycles. The third-order valence-electron chi connectivity index (χ3n) is 3.41. The summed E-state index contributed by atoms with van der Waals surface area (Å²) in [5, 5.41) is 5.70. The maximum atomic E-state index is 11.7. The van der Waals surface area contributed by atoms with Gasteiger partial charge in [-0.2, -0.15) is 0 Å². The van der Waals surface area contributed by atoms with Crippen molar-refractivity contribution in [2.45, 2.75) is 31.7 Å². The molecule has 5 heteroatoms. The first-order valence-electron chi connectivity index (χ1n) is 7.42. The van der Waals surface area contributed by atoms with Gasteiger partial charge in [0.15, 0.2) is 0 Å². The molecular formula is C16H22N2O3. The number of hydrogen-bond donors (Lipinski definition) is 2. The number of hydrogen-bond acceptors (Lipinski definition) is 3. The Morgan fingerprint density at radius 2 is 2.00 bits per heavy atom. The van der Waals surface area contributed by atoms with Crippen LogP contribution in [0.5, 0.6) is 0 Å². The summed E-state index contributed by atoms with van der Waals surface area (Å²) < 4.78 is 5.31. The highest BCUT2D eigenvalue weighted by Crippen LogP contribution is 2.05. The van der Waals surface area contributed by atoms with Crippen molar-refractivity contribution in [1.82, 2.24) is 10.6 Å². The number of carbonyl (C=O) groups is 2. The predicted molar refractivity (Wildman–Crippen MR) is 79.8 cm³/mol. The molecule has 1 aromatic carbocycles. The lowest BCUT2D eigenvalue weighted by Crippen LogP contribution is -2.41. The van der Waals surface area contributed by atoms with E-state index in [1.54, 1.807) is 0 Å².